The predicted molar refractivity (Wildman–Crippen MR) is 126 cm³/mol. The van der Waals surface area contributed by atoms with Gasteiger partial charge in [-0.05, 0) is 27.0 Å². The van der Waals surface area contributed by atoms with Gasteiger partial charge in [0.15, 0.2) is 28.9 Å². The Kier molecular flexibility index (Phi) is 9.51. The first-order valence-electron chi connectivity index (χ1n) is 10.7. The Labute approximate surface area is 209 Å². The van der Waals surface area contributed by atoms with Crippen LogP contribution in [0.15, 0.2) is 5.16 Å². The maximum Gasteiger partial charge on any atom is 0.596 e. The van der Waals surface area contributed by atoms with Crippen LogP contribution in [0.1, 0.15) is 41.0 Å². The molecule has 3 rings (SSSR count). The minimum atomic E-state index is -4.84. The van der Waals surface area contributed by atoms with Gasteiger partial charge in [0, 0.05) is 0 Å². The zero-order chi connectivity index (χ0) is 26.6. The molecule has 0 fully saturated rings. The third-order valence-electron chi connectivity index (χ3n) is 4.31. The number of rotatable bonds is 1. The number of ether oxygens (including phenoxy) is 2. The lowest BCUT2D eigenvalue weighted by molar-refractivity contribution is -0.444. The summed E-state index contributed by atoms with van der Waals surface area (Å²) in [4.78, 5) is 24.5. The van der Waals surface area contributed by atoms with Crippen molar-refractivity contribution in [3.63, 3.8) is 0 Å². The van der Waals surface area contributed by atoms with Gasteiger partial charge in [-0.2, -0.15) is 22.9 Å². The van der Waals surface area contributed by atoms with E-state index in [1.807, 2.05) is 13.8 Å². The number of nitrogens with zero attached hydrogens (tertiary/aromatic N) is 4. The third kappa shape index (κ3) is 7.29. The van der Waals surface area contributed by atoms with E-state index >= 15 is 0 Å². The van der Waals surface area contributed by atoms with Crippen molar-refractivity contribution in [1.82, 2.24) is 15.0 Å². The van der Waals surface area contributed by atoms with Crippen LogP contribution < -0.4 is 10.1 Å². The molecule has 1 unspecified atom stereocenters. The summed E-state index contributed by atoms with van der Waals surface area (Å²) in [6.45, 7) is 8.91. The molecule has 14 heteroatoms. The standard InChI is InChI=1S/C19H21ClF4N5O3S.C2H6/c1-18(2,3)32-17(30)29-7-5-9(19(22,23)24)31-15-10-12(11(21)13(20)27-15)26-16(33-4)28-14(10)25-6-8-29;1-2/h7,9H,5-6,8H2,1-4H3,(H,25,26,28);1-2H3/q+1;/b29-7+;. The Morgan fingerprint density at radius 3 is 2.49 bits per heavy atom. The number of carbonyl (C=O) groups excluding carboxylic acids is 1. The highest BCUT2D eigenvalue weighted by atomic mass is 35.5. The summed E-state index contributed by atoms with van der Waals surface area (Å²) in [7, 11) is 0. The van der Waals surface area contributed by atoms with Gasteiger partial charge < -0.3 is 14.8 Å². The molecule has 194 valence electrons. The number of pyridine rings is 1. The first-order chi connectivity index (χ1) is 16.3. The summed E-state index contributed by atoms with van der Waals surface area (Å²) in [6, 6.07) is 0. The van der Waals surface area contributed by atoms with Crippen LogP contribution in [0.2, 0.25) is 5.15 Å². The molecule has 0 saturated carbocycles. The van der Waals surface area contributed by atoms with Crippen molar-refractivity contribution < 1.29 is 36.4 Å². The summed E-state index contributed by atoms with van der Waals surface area (Å²) >= 11 is 6.91. The molecule has 0 aliphatic carbocycles. The molecular formula is C21H27ClF4N5O3S+. The second-order valence-electron chi connectivity index (χ2n) is 7.97. The van der Waals surface area contributed by atoms with E-state index in [0.29, 0.717) is 0 Å². The molecule has 0 saturated heterocycles. The molecule has 1 aliphatic heterocycles. The van der Waals surface area contributed by atoms with Crippen LogP contribution in [0, 0.1) is 5.82 Å². The van der Waals surface area contributed by atoms with E-state index in [1.54, 1.807) is 27.0 Å². The molecule has 3 heterocycles. The number of anilines is 1. The number of thioether (sulfide) groups is 1. The fourth-order valence-electron chi connectivity index (χ4n) is 2.88. The molecule has 0 radical (unpaired) electrons. The summed E-state index contributed by atoms with van der Waals surface area (Å²) in [5, 5.41) is 2.17. The molecule has 0 aromatic carbocycles. The third-order valence-corrected chi connectivity index (χ3v) is 5.10. The van der Waals surface area contributed by atoms with E-state index in [0.717, 1.165) is 22.6 Å². The highest BCUT2D eigenvalue weighted by Gasteiger charge is 2.43. The summed E-state index contributed by atoms with van der Waals surface area (Å²) < 4.78 is 67.5. The van der Waals surface area contributed by atoms with Gasteiger partial charge in [-0.15, -0.1) is 4.58 Å². The Balaban J connectivity index is 0.00000210. The number of halogens is 5. The minimum absolute atomic E-state index is 0.00520. The van der Waals surface area contributed by atoms with E-state index in [4.69, 9.17) is 21.1 Å². The lowest BCUT2D eigenvalue weighted by Gasteiger charge is -2.21. The Hall–Kier alpha value is -2.41. The lowest BCUT2D eigenvalue weighted by atomic mass is 10.2. The number of alkyl halides is 3. The van der Waals surface area contributed by atoms with E-state index in [9.17, 15) is 22.4 Å². The number of nitrogens with one attached hydrogen (secondary N) is 1. The van der Waals surface area contributed by atoms with Crippen LogP contribution in [-0.2, 0) is 4.74 Å². The van der Waals surface area contributed by atoms with Crippen LogP contribution in [0.4, 0.5) is 28.2 Å². The average molecular weight is 541 g/mol. The Morgan fingerprint density at radius 1 is 1.26 bits per heavy atom. The summed E-state index contributed by atoms with van der Waals surface area (Å²) in [5.74, 6) is -1.59. The SMILES string of the molecule is CC.CSc1nc2c3c(nc(Cl)c(F)c3n1)OC(C(F)(F)F)C/C=[N+](/C(=O)OC(C)(C)C)CCN2. The molecule has 35 heavy (non-hydrogen) atoms. The van der Waals surface area contributed by atoms with Gasteiger partial charge >= 0.3 is 12.3 Å². The van der Waals surface area contributed by atoms with Gasteiger partial charge in [0.25, 0.3) is 0 Å². The summed E-state index contributed by atoms with van der Waals surface area (Å²) in [6.07, 6.45) is -6.12. The first-order valence-corrected chi connectivity index (χ1v) is 12.3. The highest BCUT2D eigenvalue weighted by Crippen LogP contribution is 2.37. The maximum absolute atomic E-state index is 14.7. The molecule has 8 nitrogen and oxygen atoms in total. The van der Waals surface area contributed by atoms with E-state index in [2.05, 4.69) is 20.3 Å². The quantitative estimate of drug-likeness (QED) is 0.162. The van der Waals surface area contributed by atoms with Gasteiger partial charge in [-0.25, -0.2) is 14.4 Å². The molecule has 2 aromatic rings. The van der Waals surface area contributed by atoms with Crippen molar-refractivity contribution in [2.75, 3.05) is 24.7 Å². The normalized spacial score (nSPS) is 18.1. The van der Waals surface area contributed by atoms with Gasteiger partial charge in [0.1, 0.15) is 22.3 Å². The fourth-order valence-corrected chi connectivity index (χ4v) is 3.41. The van der Waals surface area contributed by atoms with Crippen LogP contribution in [0.5, 0.6) is 5.88 Å². The largest absolute Gasteiger partial charge is 0.596 e. The van der Waals surface area contributed by atoms with Crippen LogP contribution in [0.3, 0.4) is 0 Å². The fraction of sp³-hybridized carbons (Fsp3) is 0.571. The number of aromatic nitrogens is 3. The minimum Gasteiger partial charge on any atom is -0.463 e. The molecule has 1 atom stereocenters. The Bertz CT molecular complexity index is 1110. The van der Waals surface area contributed by atoms with E-state index in [1.165, 1.54) is 0 Å². The van der Waals surface area contributed by atoms with Gasteiger partial charge in [-0.1, -0.05) is 37.2 Å². The molecule has 1 N–H and O–H groups in total. The Morgan fingerprint density at radius 2 is 1.91 bits per heavy atom. The first kappa shape index (κ1) is 28.8. The molecule has 1 aliphatic rings. The zero-order valence-electron chi connectivity index (χ0n) is 20.1. The smallest absolute Gasteiger partial charge is 0.463 e. The van der Waals surface area contributed by atoms with Crippen molar-refractivity contribution in [3.05, 3.63) is 11.0 Å². The number of hydrogen-bond donors (Lipinski definition) is 1. The molecule has 1 amide bonds. The summed E-state index contributed by atoms with van der Waals surface area (Å²) in [5.41, 5.74) is -1.19. The highest BCUT2D eigenvalue weighted by molar-refractivity contribution is 7.98. The number of carbonyl (C=O) groups is 1. The molecule has 0 bridgehead atoms. The van der Waals surface area contributed by atoms with Gasteiger partial charge in [-0.3, -0.25) is 0 Å². The van der Waals surface area contributed by atoms with Crippen molar-refractivity contribution in [3.8, 4) is 5.88 Å². The maximum atomic E-state index is 14.7. The van der Waals surface area contributed by atoms with E-state index in [-0.39, 0.29) is 35.0 Å². The van der Waals surface area contributed by atoms with E-state index < -0.39 is 47.2 Å². The van der Waals surface area contributed by atoms with Gasteiger partial charge in [0.05, 0.1) is 13.0 Å². The number of hydrogen-bond acceptors (Lipinski definition) is 8. The predicted octanol–water partition coefficient (Wildman–Crippen LogP) is 5.71. The second kappa shape index (κ2) is 11.5. The van der Waals surface area contributed by atoms with Crippen molar-refractivity contribution in [1.29, 1.82) is 0 Å². The molecular weight excluding hydrogens is 514 g/mol. The second-order valence-corrected chi connectivity index (χ2v) is 9.10. The molecule has 2 aromatic heterocycles. The number of amides is 1. The van der Waals surface area contributed by atoms with Gasteiger partial charge in [0.2, 0.25) is 12.0 Å². The molecule has 0 spiro atoms. The van der Waals surface area contributed by atoms with Crippen LogP contribution in [0.25, 0.3) is 10.9 Å². The monoisotopic (exact) mass is 540 g/mol. The van der Waals surface area contributed by atoms with Crippen molar-refractivity contribution in [2.24, 2.45) is 0 Å². The topological polar surface area (TPSA) is 89.2 Å². The zero-order valence-corrected chi connectivity index (χ0v) is 21.7. The lowest BCUT2D eigenvalue weighted by Crippen LogP contribution is -2.38. The van der Waals surface area contributed by atoms with Crippen LogP contribution >= 0.6 is 23.4 Å². The average Bonchev–Trinajstić information content (AvgIpc) is 2.80. The van der Waals surface area contributed by atoms with Crippen molar-refractivity contribution in [2.45, 2.75) is 64.1 Å². The van der Waals surface area contributed by atoms with Crippen molar-refractivity contribution >= 4 is 52.4 Å². The van der Waals surface area contributed by atoms with Crippen LogP contribution in [-0.4, -0.2) is 69.1 Å².